The monoisotopic (exact) mass is 561 g/mol. The number of sulfonamides is 1. The fourth-order valence-corrected chi connectivity index (χ4v) is 6.36. The van der Waals surface area contributed by atoms with Crippen LogP contribution in [0.15, 0.2) is 72.9 Å². The van der Waals surface area contributed by atoms with Crippen LogP contribution in [0.5, 0.6) is 5.75 Å². The van der Waals surface area contributed by atoms with Crippen molar-refractivity contribution in [1.29, 1.82) is 0 Å². The van der Waals surface area contributed by atoms with Gasteiger partial charge in [-0.2, -0.15) is 0 Å². The number of pyridine rings is 1. The fraction of sp³-hybridized carbons (Fsp3) is 0.241. The van der Waals surface area contributed by atoms with Crippen LogP contribution in [0.25, 0.3) is 5.69 Å². The van der Waals surface area contributed by atoms with Gasteiger partial charge in [-0.1, -0.05) is 24.3 Å². The van der Waals surface area contributed by atoms with Crippen LogP contribution in [0.4, 0.5) is 11.4 Å². The zero-order valence-electron chi connectivity index (χ0n) is 22.5. The summed E-state index contributed by atoms with van der Waals surface area (Å²) in [6.45, 7) is 6.41. The second kappa shape index (κ2) is 10.3. The molecule has 0 bridgehead atoms. The summed E-state index contributed by atoms with van der Waals surface area (Å²) in [4.78, 5) is 6.75. The molecule has 10 heteroatoms. The third-order valence-corrected chi connectivity index (χ3v) is 8.08. The molecule has 39 heavy (non-hydrogen) atoms. The van der Waals surface area contributed by atoms with Gasteiger partial charge in [-0.15, -0.1) is 0 Å². The molecule has 3 heterocycles. The molecule has 2 aromatic carbocycles. The van der Waals surface area contributed by atoms with Gasteiger partial charge in [0.15, 0.2) is 5.11 Å². The SMILES string of the molecule is COc1cc(N2C(=S)N[C@H](c3ccccn3)[C@H]2c2c(C)c(C)n(-c3ccccc3)c2C)ccc1NS(C)(=O)=O. The zero-order valence-corrected chi connectivity index (χ0v) is 24.1. The average Bonchev–Trinajstić information content (AvgIpc) is 3.36. The molecule has 5 rings (SSSR count). The molecule has 8 nitrogen and oxygen atoms in total. The van der Waals surface area contributed by atoms with Gasteiger partial charge in [0.25, 0.3) is 0 Å². The van der Waals surface area contributed by atoms with Crippen molar-refractivity contribution in [2.24, 2.45) is 0 Å². The summed E-state index contributed by atoms with van der Waals surface area (Å²) >= 11 is 5.92. The maximum absolute atomic E-state index is 11.9. The number of methoxy groups -OCH3 is 1. The smallest absolute Gasteiger partial charge is 0.229 e. The number of aromatic nitrogens is 2. The molecule has 202 valence electrons. The zero-order chi connectivity index (χ0) is 27.9. The van der Waals surface area contributed by atoms with Crippen molar-refractivity contribution < 1.29 is 13.2 Å². The lowest BCUT2D eigenvalue weighted by molar-refractivity contribution is 0.417. The van der Waals surface area contributed by atoms with Gasteiger partial charge in [0, 0.05) is 40.6 Å². The van der Waals surface area contributed by atoms with Gasteiger partial charge in [-0.25, -0.2) is 8.42 Å². The number of hydrogen-bond acceptors (Lipinski definition) is 5. The first-order chi connectivity index (χ1) is 18.6. The third kappa shape index (κ3) is 4.97. The Hall–Kier alpha value is -3.89. The van der Waals surface area contributed by atoms with E-state index in [1.807, 2.05) is 42.5 Å². The van der Waals surface area contributed by atoms with E-state index in [1.54, 1.807) is 18.3 Å². The van der Waals surface area contributed by atoms with Crippen LogP contribution in [0.3, 0.4) is 0 Å². The minimum absolute atomic E-state index is 0.220. The number of nitrogens with one attached hydrogen (secondary N) is 2. The Morgan fingerprint density at radius 1 is 0.974 bits per heavy atom. The molecule has 1 aliphatic heterocycles. The number of para-hydroxylation sites is 1. The number of ether oxygens (including phenoxy) is 1. The molecule has 1 aliphatic rings. The Morgan fingerprint density at radius 2 is 1.69 bits per heavy atom. The first kappa shape index (κ1) is 26.7. The van der Waals surface area contributed by atoms with Gasteiger partial charge in [0.1, 0.15) is 5.75 Å². The van der Waals surface area contributed by atoms with Crippen molar-refractivity contribution in [2.45, 2.75) is 32.9 Å². The van der Waals surface area contributed by atoms with Crippen LogP contribution >= 0.6 is 12.2 Å². The second-order valence-corrected chi connectivity index (χ2v) is 11.8. The minimum Gasteiger partial charge on any atom is -0.494 e. The topological polar surface area (TPSA) is 88.5 Å². The molecule has 1 fully saturated rings. The fourth-order valence-electron chi connectivity index (χ4n) is 5.45. The molecule has 0 aliphatic carbocycles. The van der Waals surface area contributed by atoms with Crippen LogP contribution in [0.2, 0.25) is 0 Å². The van der Waals surface area contributed by atoms with E-state index in [9.17, 15) is 8.42 Å². The summed E-state index contributed by atoms with van der Waals surface area (Å²) in [6.07, 6.45) is 2.90. The molecule has 0 radical (unpaired) electrons. The van der Waals surface area contributed by atoms with Crippen LogP contribution < -0.4 is 19.7 Å². The van der Waals surface area contributed by atoms with Crippen molar-refractivity contribution in [2.75, 3.05) is 23.0 Å². The Morgan fingerprint density at radius 3 is 2.33 bits per heavy atom. The number of benzene rings is 2. The average molecular weight is 562 g/mol. The molecular weight excluding hydrogens is 530 g/mol. The Kier molecular flexibility index (Phi) is 7.09. The van der Waals surface area contributed by atoms with Crippen LogP contribution in [-0.2, 0) is 10.0 Å². The highest BCUT2D eigenvalue weighted by Gasteiger charge is 2.43. The van der Waals surface area contributed by atoms with E-state index < -0.39 is 10.0 Å². The number of nitrogens with zero attached hydrogens (tertiary/aromatic N) is 3. The van der Waals surface area contributed by atoms with Crippen molar-refractivity contribution >= 4 is 38.7 Å². The first-order valence-corrected chi connectivity index (χ1v) is 14.8. The van der Waals surface area contributed by atoms with E-state index in [2.05, 4.69) is 57.4 Å². The third-order valence-electron chi connectivity index (χ3n) is 7.17. The summed E-state index contributed by atoms with van der Waals surface area (Å²) < 4.78 is 34.2. The van der Waals surface area contributed by atoms with Crippen molar-refractivity contribution in [3.63, 3.8) is 0 Å². The lowest BCUT2D eigenvalue weighted by atomic mass is 9.93. The lowest BCUT2D eigenvalue weighted by Crippen LogP contribution is -2.30. The highest BCUT2D eigenvalue weighted by Crippen LogP contribution is 2.46. The van der Waals surface area contributed by atoms with Gasteiger partial charge in [-0.05, 0) is 75.0 Å². The van der Waals surface area contributed by atoms with Crippen LogP contribution in [0, 0.1) is 20.8 Å². The van der Waals surface area contributed by atoms with Gasteiger partial charge in [0.05, 0.1) is 36.8 Å². The van der Waals surface area contributed by atoms with E-state index in [4.69, 9.17) is 17.0 Å². The Bertz CT molecular complexity index is 1640. The minimum atomic E-state index is -3.48. The van der Waals surface area contributed by atoms with Gasteiger partial charge in [0.2, 0.25) is 10.0 Å². The summed E-state index contributed by atoms with van der Waals surface area (Å²) in [6, 6.07) is 21.1. The highest BCUT2D eigenvalue weighted by molar-refractivity contribution is 7.92. The molecule has 2 aromatic heterocycles. The summed E-state index contributed by atoms with van der Waals surface area (Å²) in [5.74, 6) is 0.396. The first-order valence-electron chi connectivity index (χ1n) is 12.5. The summed E-state index contributed by atoms with van der Waals surface area (Å²) in [5, 5.41) is 4.06. The van der Waals surface area contributed by atoms with Crippen molar-refractivity contribution in [1.82, 2.24) is 14.9 Å². The molecule has 2 N–H and O–H groups in total. The molecule has 1 saturated heterocycles. The maximum Gasteiger partial charge on any atom is 0.229 e. The molecule has 0 saturated carbocycles. The second-order valence-electron chi connectivity index (χ2n) is 9.64. The van der Waals surface area contributed by atoms with E-state index in [0.29, 0.717) is 16.5 Å². The largest absolute Gasteiger partial charge is 0.494 e. The van der Waals surface area contributed by atoms with Crippen LogP contribution in [-0.4, -0.2) is 36.4 Å². The normalized spacial score (nSPS) is 17.3. The van der Waals surface area contributed by atoms with Gasteiger partial charge >= 0.3 is 0 Å². The number of rotatable bonds is 7. The summed E-state index contributed by atoms with van der Waals surface area (Å²) in [5.41, 5.74) is 7.68. The van der Waals surface area contributed by atoms with Gasteiger partial charge in [-0.3, -0.25) is 9.71 Å². The molecule has 4 aromatic rings. The molecular formula is C29H31N5O3S2. The van der Waals surface area contributed by atoms with E-state index in [1.165, 1.54) is 12.7 Å². The lowest BCUT2D eigenvalue weighted by Gasteiger charge is -2.29. The molecule has 0 spiro atoms. The van der Waals surface area contributed by atoms with Crippen molar-refractivity contribution in [3.8, 4) is 11.4 Å². The van der Waals surface area contributed by atoms with E-state index in [-0.39, 0.29) is 12.1 Å². The Labute approximate surface area is 234 Å². The number of thiocarbonyl (C=S) groups is 1. The van der Waals surface area contributed by atoms with E-state index >= 15 is 0 Å². The maximum atomic E-state index is 11.9. The molecule has 2 atom stereocenters. The standard InChI is InChI=1S/C29H31N5O3S2/c1-18-19(2)33(21-11-7-6-8-12-21)20(3)26(18)28-27(24-13-9-10-16-30-24)31-29(38)34(28)22-14-15-23(25(17-22)37-4)32-39(5,35)36/h6-17,27-28,32H,1-5H3,(H,31,38)/t27-,28-/m1/s1. The predicted molar refractivity (Wildman–Crippen MR) is 159 cm³/mol. The predicted octanol–water partition coefficient (Wildman–Crippen LogP) is 5.35. The van der Waals surface area contributed by atoms with Crippen molar-refractivity contribution in [3.05, 3.63) is 101 Å². The Balaban J connectivity index is 1.70. The molecule has 0 amide bonds. The van der Waals surface area contributed by atoms with Gasteiger partial charge < -0.3 is 19.5 Å². The summed E-state index contributed by atoms with van der Waals surface area (Å²) in [7, 11) is -1.97. The highest BCUT2D eigenvalue weighted by atomic mass is 32.2. The quantitative estimate of drug-likeness (QED) is 0.294. The number of anilines is 2. The molecule has 0 unspecified atom stereocenters. The van der Waals surface area contributed by atoms with Crippen LogP contribution in [0.1, 0.15) is 40.3 Å². The number of hydrogen-bond donors (Lipinski definition) is 2. The van der Waals surface area contributed by atoms with E-state index in [0.717, 1.165) is 40.3 Å².